The van der Waals surface area contributed by atoms with Crippen LogP contribution in [0.1, 0.15) is 31.7 Å². The van der Waals surface area contributed by atoms with Gasteiger partial charge in [-0.1, -0.05) is 0 Å². The van der Waals surface area contributed by atoms with Crippen molar-refractivity contribution in [2.75, 3.05) is 11.9 Å². The van der Waals surface area contributed by atoms with Crippen molar-refractivity contribution in [3.8, 4) is 5.75 Å². The molecule has 7 nitrogen and oxygen atoms in total. The number of carbonyl (C=O) groups is 3. The van der Waals surface area contributed by atoms with E-state index in [4.69, 9.17) is 9.47 Å². The standard InChI is InChI=1S/C17H20N2O5/c1-10(17(22)18-12-3-4-12)24-16(21)9-23-13-5-6-14-11(8-13)2-7-15(20)19-14/h5-6,8,10,12H,2-4,7,9H2,1H3,(H,18,22)(H,19,20). The van der Waals surface area contributed by atoms with Gasteiger partial charge in [0.05, 0.1) is 0 Å². The molecule has 0 bridgehead atoms. The fourth-order valence-corrected chi connectivity index (χ4v) is 2.42. The number of anilines is 1. The van der Waals surface area contributed by atoms with Crippen molar-refractivity contribution in [1.29, 1.82) is 0 Å². The normalized spacial score (nSPS) is 17.3. The molecule has 2 N–H and O–H groups in total. The molecule has 24 heavy (non-hydrogen) atoms. The Labute approximate surface area is 139 Å². The van der Waals surface area contributed by atoms with Gasteiger partial charge in [-0.25, -0.2) is 4.79 Å². The highest BCUT2D eigenvalue weighted by Crippen LogP contribution is 2.26. The molecular formula is C17H20N2O5. The summed E-state index contributed by atoms with van der Waals surface area (Å²) in [6.45, 7) is 1.27. The van der Waals surface area contributed by atoms with Gasteiger partial charge in [0.2, 0.25) is 5.91 Å². The largest absolute Gasteiger partial charge is 0.482 e. The number of ether oxygens (including phenoxy) is 2. The van der Waals surface area contributed by atoms with E-state index < -0.39 is 12.1 Å². The zero-order valence-corrected chi connectivity index (χ0v) is 13.5. The molecule has 128 valence electrons. The maximum atomic E-state index is 11.8. The molecule has 1 atom stereocenters. The molecule has 1 aromatic carbocycles. The van der Waals surface area contributed by atoms with Gasteiger partial charge in [0, 0.05) is 18.2 Å². The summed E-state index contributed by atoms with van der Waals surface area (Å²) in [5, 5.41) is 5.56. The van der Waals surface area contributed by atoms with Crippen molar-refractivity contribution in [1.82, 2.24) is 5.32 Å². The fourth-order valence-electron chi connectivity index (χ4n) is 2.42. The summed E-state index contributed by atoms with van der Waals surface area (Å²) >= 11 is 0. The predicted octanol–water partition coefficient (Wildman–Crippen LogP) is 1.16. The predicted molar refractivity (Wildman–Crippen MR) is 85.6 cm³/mol. The van der Waals surface area contributed by atoms with Crippen LogP contribution in [0.25, 0.3) is 0 Å². The number of fused-ring (bicyclic) bond motifs is 1. The number of aryl methyl sites for hydroxylation is 1. The highest BCUT2D eigenvalue weighted by atomic mass is 16.6. The van der Waals surface area contributed by atoms with Gasteiger partial charge in [0.15, 0.2) is 12.7 Å². The minimum atomic E-state index is -0.833. The maximum Gasteiger partial charge on any atom is 0.344 e. The third-order valence-corrected chi connectivity index (χ3v) is 3.93. The van der Waals surface area contributed by atoms with Crippen molar-refractivity contribution in [3.05, 3.63) is 23.8 Å². The van der Waals surface area contributed by atoms with Crippen molar-refractivity contribution in [2.45, 2.75) is 44.8 Å². The van der Waals surface area contributed by atoms with E-state index in [2.05, 4.69) is 10.6 Å². The third-order valence-electron chi connectivity index (χ3n) is 3.93. The van der Waals surface area contributed by atoms with Gasteiger partial charge in [-0.15, -0.1) is 0 Å². The molecule has 0 spiro atoms. The van der Waals surface area contributed by atoms with Gasteiger partial charge >= 0.3 is 5.97 Å². The minimum absolute atomic E-state index is 0.00166. The Bertz CT molecular complexity index is 669. The highest BCUT2D eigenvalue weighted by molar-refractivity contribution is 5.94. The molecule has 1 heterocycles. The Morgan fingerprint density at radius 3 is 2.88 bits per heavy atom. The van der Waals surface area contributed by atoms with E-state index in [1.165, 1.54) is 6.92 Å². The molecule has 1 saturated carbocycles. The highest BCUT2D eigenvalue weighted by Gasteiger charge is 2.27. The quantitative estimate of drug-likeness (QED) is 0.763. The molecule has 3 rings (SSSR count). The van der Waals surface area contributed by atoms with Crippen LogP contribution in [-0.2, 0) is 25.5 Å². The fraction of sp³-hybridized carbons (Fsp3) is 0.471. The Hall–Kier alpha value is -2.57. The number of carbonyl (C=O) groups excluding carboxylic acids is 3. The SMILES string of the molecule is CC(OC(=O)COc1ccc2c(c1)CCC(=O)N2)C(=O)NC1CC1. The number of nitrogens with one attached hydrogen (secondary N) is 2. The summed E-state index contributed by atoms with van der Waals surface area (Å²) in [5.74, 6) is -0.356. The summed E-state index contributed by atoms with van der Waals surface area (Å²) in [4.78, 5) is 34.8. The number of benzene rings is 1. The van der Waals surface area contributed by atoms with Crippen LogP contribution >= 0.6 is 0 Å². The van der Waals surface area contributed by atoms with Crippen LogP contribution in [0.15, 0.2) is 18.2 Å². The Morgan fingerprint density at radius 1 is 1.33 bits per heavy atom. The lowest BCUT2D eigenvalue weighted by Crippen LogP contribution is -2.37. The molecule has 1 unspecified atom stereocenters. The second-order valence-corrected chi connectivity index (χ2v) is 6.07. The molecule has 0 radical (unpaired) electrons. The van der Waals surface area contributed by atoms with E-state index in [0.717, 1.165) is 24.1 Å². The van der Waals surface area contributed by atoms with Gasteiger partial charge in [-0.3, -0.25) is 9.59 Å². The minimum Gasteiger partial charge on any atom is -0.482 e. The summed E-state index contributed by atoms with van der Waals surface area (Å²) in [7, 11) is 0. The van der Waals surface area contributed by atoms with E-state index in [1.54, 1.807) is 18.2 Å². The van der Waals surface area contributed by atoms with Gasteiger partial charge in [-0.2, -0.15) is 0 Å². The second-order valence-electron chi connectivity index (χ2n) is 6.07. The van der Waals surface area contributed by atoms with Crippen molar-refractivity contribution in [3.63, 3.8) is 0 Å². The van der Waals surface area contributed by atoms with E-state index in [9.17, 15) is 14.4 Å². The van der Waals surface area contributed by atoms with E-state index in [1.807, 2.05) is 0 Å². The molecule has 2 amide bonds. The molecule has 0 saturated heterocycles. The summed E-state index contributed by atoms with van der Waals surface area (Å²) in [6.07, 6.45) is 2.20. The van der Waals surface area contributed by atoms with Crippen molar-refractivity contribution in [2.24, 2.45) is 0 Å². The van der Waals surface area contributed by atoms with Crippen molar-refractivity contribution < 1.29 is 23.9 Å². The topological polar surface area (TPSA) is 93.7 Å². The zero-order chi connectivity index (χ0) is 17.1. The van der Waals surface area contributed by atoms with Gasteiger partial charge in [-0.05, 0) is 49.9 Å². The van der Waals surface area contributed by atoms with Crippen LogP contribution in [0, 0.1) is 0 Å². The lowest BCUT2D eigenvalue weighted by molar-refractivity contribution is -0.156. The number of hydrogen-bond donors (Lipinski definition) is 2. The molecule has 7 heteroatoms. The second kappa shape index (κ2) is 6.90. The number of amides is 2. The summed E-state index contributed by atoms with van der Waals surface area (Å²) in [6, 6.07) is 5.45. The first-order valence-electron chi connectivity index (χ1n) is 8.06. The van der Waals surface area contributed by atoms with E-state index in [0.29, 0.717) is 18.6 Å². The van der Waals surface area contributed by atoms with Crippen LogP contribution in [0.4, 0.5) is 5.69 Å². The van der Waals surface area contributed by atoms with E-state index >= 15 is 0 Å². The molecule has 1 fully saturated rings. The van der Waals surface area contributed by atoms with Crippen LogP contribution in [0.3, 0.4) is 0 Å². The molecule has 1 aliphatic heterocycles. The molecular weight excluding hydrogens is 312 g/mol. The number of esters is 1. The number of hydrogen-bond acceptors (Lipinski definition) is 5. The lowest BCUT2D eigenvalue weighted by Gasteiger charge is -2.18. The Balaban J connectivity index is 1.47. The molecule has 2 aliphatic rings. The maximum absolute atomic E-state index is 11.8. The van der Waals surface area contributed by atoms with Crippen LogP contribution in [-0.4, -0.2) is 36.5 Å². The van der Waals surface area contributed by atoms with Crippen LogP contribution in [0.5, 0.6) is 5.75 Å². The average Bonchev–Trinajstić information content (AvgIpc) is 3.36. The first-order chi connectivity index (χ1) is 11.5. The third kappa shape index (κ3) is 4.24. The van der Waals surface area contributed by atoms with Crippen molar-refractivity contribution >= 4 is 23.5 Å². The first-order valence-corrected chi connectivity index (χ1v) is 8.06. The van der Waals surface area contributed by atoms with Crippen LogP contribution in [0.2, 0.25) is 0 Å². The Morgan fingerprint density at radius 2 is 2.12 bits per heavy atom. The average molecular weight is 332 g/mol. The first kappa shape index (κ1) is 16.3. The summed E-state index contributed by atoms with van der Waals surface area (Å²) < 4.78 is 10.5. The summed E-state index contributed by atoms with van der Waals surface area (Å²) in [5.41, 5.74) is 1.74. The van der Waals surface area contributed by atoms with E-state index in [-0.39, 0.29) is 24.5 Å². The number of rotatable bonds is 6. The van der Waals surface area contributed by atoms with Crippen LogP contribution < -0.4 is 15.4 Å². The molecule has 1 aromatic rings. The van der Waals surface area contributed by atoms with Gasteiger partial charge < -0.3 is 20.1 Å². The molecule has 1 aliphatic carbocycles. The van der Waals surface area contributed by atoms with Gasteiger partial charge in [0.25, 0.3) is 5.91 Å². The Kier molecular flexibility index (Phi) is 4.69. The van der Waals surface area contributed by atoms with Gasteiger partial charge in [0.1, 0.15) is 5.75 Å². The zero-order valence-electron chi connectivity index (χ0n) is 13.5. The monoisotopic (exact) mass is 332 g/mol. The smallest absolute Gasteiger partial charge is 0.344 e. The lowest BCUT2D eigenvalue weighted by atomic mass is 10.0. The molecule has 0 aromatic heterocycles.